The van der Waals surface area contributed by atoms with E-state index in [9.17, 15) is 18.0 Å². The third kappa shape index (κ3) is 6.93. The first-order valence-corrected chi connectivity index (χ1v) is 10.9. The monoisotopic (exact) mass is 484 g/mol. The van der Waals surface area contributed by atoms with Gasteiger partial charge in [-0.05, 0) is 30.5 Å². The Hall–Kier alpha value is -3.12. The fourth-order valence-corrected chi connectivity index (χ4v) is 3.97. The van der Waals surface area contributed by atoms with Crippen LogP contribution < -0.4 is 5.32 Å². The van der Waals surface area contributed by atoms with E-state index in [4.69, 9.17) is 19.3 Å². The zero-order chi connectivity index (χ0) is 24.0. The molecule has 0 bridgehead atoms. The van der Waals surface area contributed by atoms with Crippen molar-refractivity contribution in [3.05, 3.63) is 64.3 Å². The van der Waals surface area contributed by atoms with Gasteiger partial charge >= 0.3 is 12.1 Å². The summed E-state index contributed by atoms with van der Waals surface area (Å²) in [6.45, 7) is 5.33. The van der Waals surface area contributed by atoms with E-state index in [0.29, 0.717) is 13.0 Å². The topological polar surface area (TPSA) is 101 Å². The third-order valence-corrected chi connectivity index (χ3v) is 5.85. The number of nitrogens with zero attached hydrogens (tertiary/aromatic N) is 3. The Morgan fingerprint density at radius 3 is 2.67 bits per heavy atom. The lowest BCUT2D eigenvalue weighted by molar-refractivity contribution is -0.192. The highest BCUT2D eigenvalue weighted by Gasteiger charge is 2.38. The highest BCUT2D eigenvalue weighted by Crippen LogP contribution is 2.26. The third-order valence-electron chi connectivity index (χ3n) is 4.97. The molecule has 1 amide bonds. The van der Waals surface area contributed by atoms with Crippen molar-refractivity contribution in [3.63, 3.8) is 0 Å². The van der Waals surface area contributed by atoms with Crippen LogP contribution in [-0.4, -0.2) is 44.2 Å². The van der Waals surface area contributed by atoms with Crippen molar-refractivity contribution in [2.45, 2.75) is 45.2 Å². The second kappa shape index (κ2) is 10.7. The molecular weight excluding hydrogens is 461 g/mol. The summed E-state index contributed by atoms with van der Waals surface area (Å²) >= 11 is 1.65. The van der Waals surface area contributed by atoms with E-state index in [0.717, 1.165) is 41.8 Å². The lowest BCUT2D eigenvalue weighted by atomic mass is 10.2. The summed E-state index contributed by atoms with van der Waals surface area (Å²) in [5.41, 5.74) is 0.829. The SMILES string of the molecule is CC1c2nc(CC(=O)NCc3cccs3)cn2CCN1Cc1ccco1.O=C(O)C(F)(F)F. The summed E-state index contributed by atoms with van der Waals surface area (Å²) in [6.07, 6.45) is -1.05. The molecule has 0 fully saturated rings. The Bertz CT molecular complexity index is 1050. The number of hydrogen-bond acceptors (Lipinski definition) is 6. The molecule has 33 heavy (non-hydrogen) atoms. The van der Waals surface area contributed by atoms with E-state index in [1.54, 1.807) is 17.6 Å². The lowest BCUT2D eigenvalue weighted by Gasteiger charge is -2.32. The minimum atomic E-state index is -5.08. The largest absolute Gasteiger partial charge is 0.490 e. The second-order valence-electron chi connectivity index (χ2n) is 7.35. The van der Waals surface area contributed by atoms with Gasteiger partial charge in [-0.15, -0.1) is 11.3 Å². The van der Waals surface area contributed by atoms with Gasteiger partial charge in [-0.2, -0.15) is 13.2 Å². The van der Waals surface area contributed by atoms with Crippen LogP contribution in [-0.2, 0) is 35.6 Å². The zero-order valence-corrected chi connectivity index (χ0v) is 18.5. The molecule has 178 valence electrons. The minimum absolute atomic E-state index is 0.00828. The molecule has 0 spiro atoms. The second-order valence-corrected chi connectivity index (χ2v) is 8.38. The fraction of sp³-hybridized carbons (Fsp3) is 0.381. The fourth-order valence-electron chi connectivity index (χ4n) is 3.32. The standard InChI is InChI=1S/C19H22N4O2S.C2HF3O2/c1-14-19-21-15(10-18(24)20-11-17-5-3-9-26-17)12-23(19)7-6-22(14)13-16-4-2-8-25-16;3-2(4,5)1(6)7/h2-5,8-9,12,14H,6-7,10-11,13H2,1H3,(H,20,24);(H,6,7). The van der Waals surface area contributed by atoms with Crippen molar-refractivity contribution >= 4 is 23.2 Å². The van der Waals surface area contributed by atoms with Crippen LogP contribution in [0.1, 0.15) is 35.1 Å². The molecular formula is C21H23F3N4O4S. The average Bonchev–Trinajstić information content (AvgIpc) is 3.50. The Balaban J connectivity index is 0.000000383. The molecule has 12 heteroatoms. The van der Waals surface area contributed by atoms with Crippen LogP contribution in [0, 0.1) is 0 Å². The predicted octanol–water partition coefficient (Wildman–Crippen LogP) is 3.61. The number of amides is 1. The molecule has 8 nitrogen and oxygen atoms in total. The molecule has 0 saturated carbocycles. The maximum atomic E-state index is 12.2. The van der Waals surface area contributed by atoms with Crippen molar-refractivity contribution in [1.29, 1.82) is 0 Å². The summed E-state index contributed by atoms with van der Waals surface area (Å²) < 4.78 is 39.4. The van der Waals surface area contributed by atoms with E-state index < -0.39 is 12.1 Å². The molecule has 4 heterocycles. The summed E-state index contributed by atoms with van der Waals surface area (Å²) in [7, 11) is 0. The molecule has 1 aliphatic rings. The van der Waals surface area contributed by atoms with Gasteiger partial charge in [0.15, 0.2) is 0 Å². The van der Waals surface area contributed by atoms with E-state index in [1.807, 2.05) is 35.8 Å². The lowest BCUT2D eigenvalue weighted by Crippen LogP contribution is -2.36. The summed E-state index contributed by atoms with van der Waals surface area (Å²) in [6, 6.07) is 8.12. The minimum Gasteiger partial charge on any atom is -0.475 e. The maximum absolute atomic E-state index is 12.2. The van der Waals surface area contributed by atoms with Crippen LogP contribution in [0.5, 0.6) is 0 Å². The zero-order valence-electron chi connectivity index (χ0n) is 17.7. The molecule has 3 aromatic heterocycles. The first-order chi connectivity index (χ1) is 15.6. The van der Waals surface area contributed by atoms with Gasteiger partial charge in [-0.1, -0.05) is 6.07 Å². The molecule has 3 aromatic rings. The first kappa shape index (κ1) is 24.5. The highest BCUT2D eigenvalue weighted by atomic mass is 32.1. The number of alkyl halides is 3. The average molecular weight is 485 g/mol. The number of aliphatic carboxylic acids is 1. The van der Waals surface area contributed by atoms with Crippen molar-refractivity contribution in [2.24, 2.45) is 0 Å². The number of rotatable bonds is 6. The van der Waals surface area contributed by atoms with Crippen LogP contribution >= 0.6 is 11.3 Å². The highest BCUT2D eigenvalue weighted by molar-refractivity contribution is 7.09. The quantitative estimate of drug-likeness (QED) is 0.555. The number of carbonyl (C=O) groups excluding carboxylic acids is 1. The number of fused-ring (bicyclic) bond motifs is 1. The Morgan fingerprint density at radius 1 is 1.30 bits per heavy atom. The van der Waals surface area contributed by atoms with Gasteiger partial charge in [0.1, 0.15) is 11.6 Å². The molecule has 0 saturated heterocycles. The molecule has 0 aliphatic carbocycles. The van der Waals surface area contributed by atoms with Crippen LogP contribution in [0.2, 0.25) is 0 Å². The van der Waals surface area contributed by atoms with Crippen LogP contribution in [0.4, 0.5) is 13.2 Å². The number of imidazole rings is 1. The summed E-state index contributed by atoms with van der Waals surface area (Å²) in [5.74, 6) is -0.768. The van der Waals surface area contributed by atoms with Gasteiger partial charge in [0.05, 0.1) is 37.5 Å². The van der Waals surface area contributed by atoms with Gasteiger partial charge in [-0.3, -0.25) is 9.69 Å². The molecule has 0 radical (unpaired) electrons. The summed E-state index contributed by atoms with van der Waals surface area (Å²) in [5, 5.41) is 12.1. The number of furan rings is 1. The summed E-state index contributed by atoms with van der Waals surface area (Å²) in [4.78, 5) is 29.3. The van der Waals surface area contributed by atoms with Crippen molar-refractivity contribution in [1.82, 2.24) is 19.8 Å². The number of halogens is 3. The number of carboxylic acid groups (broad SMARTS) is 1. The van der Waals surface area contributed by atoms with E-state index in [2.05, 4.69) is 21.7 Å². The Morgan fingerprint density at radius 2 is 2.06 bits per heavy atom. The van der Waals surface area contributed by atoms with Gasteiger partial charge < -0.3 is 19.4 Å². The Labute approximate surface area is 191 Å². The first-order valence-electron chi connectivity index (χ1n) is 10.0. The number of carbonyl (C=O) groups is 2. The van der Waals surface area contributed by atoms with Gasteiger partial charge in [0, 0.05) is 24.2 Å². The van der Waals surface area contributed by atoms with E-state index >= 15 is 0 Å². The van der Waals surface area contributed by atoms with E-state index in [1.165, 1.54) is 0 Å². The van der Waals surface area contributed by atoms with Crippen molar-refractivity contribution in [3.8, 4) is 0 Å². The molecule has 1 unspecified atom stereocenters. The van der Waals surface area contributed by atoms with E-state index in [-0.39, 0.29) is 11.9 Å². The molecule has 1 aliphatic heterocycles. The normalized spacial score (nSPS) is 15.9. The predicted molar refractivity (Wildman–Crippen MR) is 113 cm³/mol. The number of carboxylic acids is 1. The number of thiophene rings is 1. The van der Waals surface area contributed by atoms with Crippen LogP contribution in [0.3, 0.4) is 0 Å². The van der Waals surface area contributed by atoms with Crippen LogP contribution in [0.15, 0.2) is 46.5 Å². The van der Waals surface area contributed by atoms with Crippen molar-refractivity contribution in [2.75, 3.05) is 6.54 Å². The van der Waals surface area contributed by atoms with Gasteiger partial charge in [0.2, 0.25) is 5.91 Å². The number of hydrogen-bond donors (Lipinski definition) is 2. The molecule has 2 N–H and O–H groups in total. The Kier molecular flexibility index (Phi) is 7.92. The smallest absolute Gasteiger partial charge is 0.475 e. The van der Waals surface area contributed by atoms with Crippen LogP contribution in [0.25, 0.3) is 0 Å². The number of nitrogens with one attached hydrogen (secondary N) is 1. The molecule has 1 atom stereocenters. The molecule has 4 rings (SSSR count). The van der Waals surface area contributed by atoms with Gasteiger partial charge in [0.25, 0.3) is 0 Å². The van der Waals surface area contributed by atoms with Gasteiger partial charge in [-0.25, -0.2) is 9.78 Å². The van der Waals surface area contributed by atoms with Crippen molar-refractivity contribution < 1.29 is 32.3 Å². The number of aromatic nitrogens is 2. The molecule has 0 aromatic carbocycles. The maximum Gasteiger partial charge on any atom is 0.490 e.